The normalized spacial score (nSPS) is 11.2. The average molecular weight is 286 g/mol. The number of imidazole rings is 1. The summed E-state index contributed by atoms with van der Waals surface area (Å²) in [5, 5.41) is 0. The van der Waals surface area contributed by atoms with E-state index in [1.54, 1.807) is 35.4 Å². The molecule has 0 bridgehead atoms. The third-order valence-corrected chi connectivity index (χ3v) is 4.50. The van der Waals surface area contributed by atoms with E-state index in [4.69, 9.17) is 0 Å². The molecule has 0 aliphatic rings. The Balaban J connectivity index is 2.16. The van der Waals surface area contributed by atoms with E-state index in [0.29, 0.717) is 5.56 Å². The van der Waals surface area contributed by atoms with E-state index in [1.165, 1.54) is 11.3 Å². The smallest absolute Gasteiger partial charge is 0.295 e. The molecule has 0 N–H and O–H groups in total. The molecule has 0 saturated heterocycles. The average Bonchev–Trinajstić information content (AvgIpc) is 2.97. The summed E-state index contributed by atoms with van der Waals surface area (Å²) in [7, 11) is 3.45. The number of rotatable bonds is 2. The van der Waals surface area contributed by atoms with Crippen LogP contribution in [0.15, 0.2) is 35.1 Å². The van der Waals surface area contributed by atoms with Gasteiger partial charge in [0.15, 0.2) is 0 Å². The van der Waals surface area contributed by atoms with Gasteiger partial charge < -0.3 is 0 Å². The number of carbonyl (C=O) groups is 1. The van der Waals surface area contributed by atoms with Crippen molar-refractivity contribution in [3.05, 3.63) is 56.1 Å². The van der Waals surface area contributed by atoms with Crippen LogP contribution in [0.25, 0.3) is 11.0 Å². The molecule has 5 heteroatoms. The lowest BCUT2D eigenvalue weighted by Crippen LogP contribution is -2.19. The standard InChI is InChI=1S/C15H14N2O2S/c1-9-4-7-13(20-9)14(18)10-5-6-11-12(8-10)17(3)15(19)16(11)2/h4-8H,1-3H3. The number of carbonyl (C=O) groups excluding carboxylic acids is 1. The van der Waals surface area contributed by atoms with Crippen LogP contribution >= 0.6 is 11.3 Å². The van der Waals surface area contributed by atoms with E-state index in [0.717, 1.165) is 20.8 Å². The molecular formula is C15H14N2O2S. The minimum absolute atomic E-state index is 0.00121. The van der Waals surface area contributed by atoms with Crippen molar-refractivity contribution in [2.75, 3.05) is 0 Å². The first-order chi connectivity index (χ1) is 9.49. The highest BCUT2D eigenvalue weighted by Gasteiger charge is 2.14. The van der Waals surface area contributed by atoms with Gasteiger partial charge in [0.05, 0.1) is 15.9 Å². The molecule has 0 fully saturated rings. The zero-order chi connectivity index (χ0) is 14.4. The molecule has 1 aromatic carbocycles. The van der Waals surface area contributed by atoms with Crippen molar-refractivity contribution in [1.82, 2.24) is 9.13 Å². The molecule has 102 valence electrons. The van der Waals surface area contributed by atoms with Gasteiger partial charge in [-0.05, 0) is 37.3 Å². The van der Waals surface area contributed by atoms with E-state index < -0.39 is 0 Å². The van der Waals surface area contributed by atoms with E-state index in [9.17, 15) is 9.59 Å². The van der Waals surface area contributed by atoms with Crippen LogP contribution in [0.2, 0.25) is 0 Å². The zero-order valence-corrected chi connectivity index (χ0v) is 12.3. The summed E-state index contributed by atoms with van der Waals surface area (Å²) in [6, 6.07) is 9.17. The number of benzene rings is 1. The molecule has 0 amide bonds. The van der Waals surface area contributed by atoms with Gasteiger partial charge in [0.25, 0.3) is 0 Å². The number of aromatic nitrogens is 2. The number of hydrogen-bond donors (Lipinski definition) is 0. The Bertz CT molecular complexity index is 883. The fourth-order valence-corrected chi connectivity index (χ4v) is 3.18. The lowest BCUT2D eigenvalue weighted by molar-refractivity contribution is 0.104. The second kappa shape index (κ2) is 4.45. The van der Waals surface area contributed by atoms with Gasteiger partial charge in [0.1, 0.15) is 0 Å². The molecule has 0 saturated carbocycles. The SMILES string of the molecule is Cc1ccc(C(=O)c2ccc3c(c2)n(C)c(=O)n3C)s1. The highest BCUT2D eigenvalue weighted by atomic mass is 32.1. The van der Waals surface area contributed by atoms with Crippen molar-refractivity contribution < 1.29 is 4.79 Å². The molecule has 0 spiro atoms. The first-order valence-corrected chi connectivity index (χ1v) is 7.07. The predicted octanol–water partition coefficient (Wildman–Crippen LogP) is 2.48. The van der Waals surface area contributed by atoms with Gasteiger partial charge in [-0.1, -0.05) is 0 Å². The van der Waals surface area contributed by atoms with E-state index in [-0.39, 0.29) is 11.5 Å². The number of aryl methyl sites for hydroxylation is 3. The van der Waals surface area contributed by atoms with Crippen LogP contribution < -0.4 is 5.69 Å². The van der Waals surface area contributed by atoms with Gasteiger partial charge in [-0.15, -0.1) is 11.3 Å². The van der Waals surface area contributed by atoms with Crippen LogP contribution in [0.3, 0.4) is 0 Å². The quantitative estimate of drug-likeness (QED) is 0.679. The van der Waals surface area contributed by atoms with Gasteiger partial charge in [-0.3, -0.25) is 13.9 Å². The third kappa shape index (κ3) is 1.82. The van der Waals surface area contributed by atoms with Gasteiger partial charge in [-0.25, -0.2) is 4.79 Å². The van der Waals surface area contributed by atoms with Gasteiger partial charge >= 0.3 is 5.69 Å². The molecule has 2 heterocycles. The Morgan fingerprint density at radius 3 is 2.40 bits per heavy atom. The molecular weight excluding hydrogens is 272 g/mol. The summed E-state index contributed by atoms with van der Waals surface area (Å²) in [5.41, 5.74) is 2.13. The summed E-state index contributed by atoms with van der Waals surface area (Å²) in [4.78, 5) is 26.1. The summed E-state index contributed by atoms with van der Waals surface area (Å²) >= 11 is 1.49. The highest BCUT2D eigenvalue weighted by Crippen LogP contribution is 2.21. The second-order valence-corrected chi connectivity index (χ2v) is 6.13. The maximum atomic E-state index is 12.4. The summed E-state index contributed by atoms with van der Waals surface area (Å²) in [6.45, 7) is 1.98. The van der Waals surface area contributed by atoms with Gasteiger partial charge in [0, 0.05) is 24.5 Å². The molecule has 3 rings (SSSR count). The molecule has 4 nitrogen and oxygen atoms in total. The van der Waals surface area contributed by atoms with Gasteiger partial charge in [0.2, 0.25) is 5.78 Å². The first kappa shape index (κ1) is 12.9. The van der Waals surface area contributed by atoms with Crippen LogP contribution in [0.4, 0.5) is 0 Å². The number of hydrogen-bond acceptors (Lipinski definition) is 3. The van der Waals surface area contributed by atoms with E-state index >= 15 is 0 Å². The molecule has 0 atom stereocenters. The molecule has 0 aliphatic heterocycles. The Morgan fingerprint density at radius 2 is 1.75 bits per heavy atom. The maximum absolute atomic E-state index is 12.4. The minimum Gasteiger partial charge on any atom is -0.295 e. The van der Waals surface area contributed by atoms with Crippen molar-refractivity contribution in [1.29, 1.82) is 0 Å². The maximum Gasteiger partial charge on any atom is 0.328 e. The van der Waals surface area contributed by atoms with E-state index in [2.05, 4.69) is 0 Å². The number of nitrogens with zero attached hydrogens (tertiary/aromatic N) is 2. The van der Waals surface area contributed by atoms with Crippen LogP contribution in [0.5, 0.6) is 0 Å². The number of thiophene rings is 1. The Kier molecular flexibility index (Phi) is 2.87. The fourth-order valence-electron chi connectivity index (χ4n) is 2.35. The van der Waals surface area contributed by atoms with Crippen molar-refractivity contribution >= 4 is 28.2 Å². The Hall–Kier alpha value is -2.14. The predicted molar refractivity (Wildman–Crippen MR) is 80.6 cm³/mol. The largest absolute Gasteiger partial charge is 0.328 e. The van der Waals surface area contributed by atoms with Crippen molar-refractivity contribution in [3.63, 3.8) is 0 Å². The molecule has 0 unspecified atom stereocenters. The van der Waals surface area contributed by atoms with Crippen molar-refractivity contribution in [2.24, 2.45) is 14.1 Å². The summed E-state index contributed by atoms with van der Waals surface area (Å²) < 4.78 is 3.14. The molecule has 20 heavy (non-hydrogen) atoms. The molecule has 3 aromatic rings. The second-order valence-electron chi connectivity index (χ2n) is 4.84. The zero-order valence-electron chi connectivity index (χ0n) is 11.5. The Morgan fingerprint density at radius 1 is 1.05 bits per heavy atom. The van der Waals surface area contributed by atoms with Crippen molar-refractivity contribution in [2.45, 2.75) is 6.92 Å². The number of fused-ring (bicyclic) bond motifs is 1. The van der Waals surface area contributed by atoms with Crippen molar-refractivity contribution in [3.8, 4) is 0 Å². The van der Waals surface area contributed by atoms with Crippen LogP contribution in [-0.4, -0.2) is 14.9 Å². The Labute approximate surface area is 119 Å². The topological polar surface area (TPSA) is 44.0 Å². The highest BCUT2D eigenvalue weighted by molar-refractivity contribution is 7.14. The van der Waals surface area contributed by atoms with E-state index in [1.807, 2.05) is 25.1 Å². The lowest BCUT2D eigenvalue weighted by Gasteiger charge is -2.00. The van der Waals surface area contributed by atoms with Gasteiger partial charge in [-0.2, -0.15) is 0 Å². The fraction of sp³-hybridized carbons (Fsp3) is 0.200. The monoisotopic (exact) mass is 286 g/mol. The molecule has 2 aromatic heterocycles. The first-order valence-electron chi connectivity index (χ1n) is 6.25. The summed E-state index contributed by atoms with van der Waals surface area (Å²) in [5.74, 6) is 0.00121. The summed E-state index contributed by atoms with van der Waals surface area (Å²) in [6.07, 6.45) is 0. The number of ketones is 1. The minimum atomic E-state index is -0.0865. The van der Waals surface area contributed by atoms with Crippen LogP contribution in [-0.2, 0) is 14.1 Å². The lowest BCUT2D eigenvalue weighted by atomic mass is 10.1. The third-order valence-electron chi connectivity index (χ3n) is 3.50. The van der Waals surface area contributed by atoms with Crippen LogP contribution in [0.1, 0.15) is 20.1 Å². The molecule has 0 aliphatic carbocycles. The molecule has 0 radical (unpaired) electrons. The van der Waals surface area contributed by atoms with Crippen LogP contribution in [0, 0.1) is 6.92 Å².